The molecule has 1 aromatic heterocycles. The number of imidazole rings is 1. The lowest BCUT2D eigenvalue weighted by molar-refractivity contribution is 0.103. The number of carbonyl (C=O) groups excluding carboxylic acids is 1. The molecule has 1 heterocycles. The van der Waals surface area contributed by atoms with E-state index >= 15 is 0 Å². The highest BCUT2D eigenvalue weighted by molar-refractivity contribution is 6.10. The van der Waals surface area contributed by atoms with Gasteiger partial charge in [0.25, 0.3) is 0 Å². The van der Waals surface area contributed by atoms with Gasteiger partial charge in [0.1, 0.15) is 5.82 Å². The van der Waals surface area contributed by atoms with Gasteiger partial charge in [-0.1, -0.05) is 91.0 Å². The minimum absolute atomic E-state index is 0.0105. The topological polar surface area (TPSA) is 34.9 Å². The standard InChI is InChI=1S/C27H20N2O/c30-26(21-12-6-2-7-13-21)23-16-17-25-24(18-23)28-27(22-14-8-3-9-15-22)29(25)19-20-10-4-1-5-11-20/h1-18H,19H2. The first kappa shape index (κ1) is 18.1. The molecule has 5 aromatic rings. The smallest absolute Gasteiger partial charge is 0.193 e. The lowest BCUT2D eigenvalue weighted by Gasteiger charge is -2.10. The second kappa shape index (κ2) is 7.80. The van der Waals surface area contributed by atoms with Crippen molar-refractivity contribution in [3.05, 3.63) is 126 Å². The molecule has 0 spiro atoms. The minimum Gasteiger partial charge on any atom is -0.319 e. The van der Waals surface area contributed by atoms with Crippen molar-refractivity contribution in [2.24, 2.45) is 0 Å². The Morgan fingerprint density at radius 1 is 0.700 bits per heavy atom. The third kappa shape index (κ3) is 3.42. The molecule has 0 fully saturated rings. The van der Waals surface area contributed by atoms with Gasteiger partial charge in [-0.05, 0) is 23.8 Å². The summed E-state index contributed by atoms with van der Waals surface area (Å²) in [4.78, 5) is 17.8. The van der Waals surface area contributed by atoms with E-state index in [0.717, 1.165) is 22.4 Å². The average Bonchev–Trinajstić information content (AvgIpc) is 3.18. The maximum Gasteiger partial charge on any atom is 0.193 e. The van der Waals surface area contributed by atoms with Gasteiger partial charge in [-0.3, -0.25) is 4.79 Å². The Morgan fingerprint density at radius 2 is 1.33 bits per heavy atom. The van der Waals surface area contributed by atoms with E-state index in [1.165, 1.54) is 5.56 Å². The third-order valence-electron chi connectivity index (χ3n) is 5.26. The number of benzene rings is 4. The number of nitrogens with zero attached hydrogens (tertiary/aromatic N) is 2. The molecule has 0 saturated heterocycles. The van der Waals surface area contributed by atoms with Gasteiger partial charge < -0.3 is 4.57 Å². The zero-order chi connectivity index (χ0) is 20.3. The molecule has 0 N–H and O–H groups in total. The summed E-state index contributed by atoms with van der Waals surface area (Å²) in [5, 5.41) is 0. The third-order valence-corrected chi connectivity index (χ3v) is 5.26. The number of rotatable bonds is 5. The van der Waals surface area contributed by atoms with Crippen LogP contribution in [0.4, 0.5) is 0 Å². The fourth-order valence-electron chi connectivity index (χ4n) is 3.76. The number of aromatic nitrogens is 2. The van der Waals surface area contributed by atoms with Crippen molar-refractivity contribution in [3.8, 4) is 11.4 Å². The van der Waals surface area contributed by atoms with Gasteiger partial charge in [0, 0.05) is 23.2 Å². The second-order valence-electron chi connectivity index (χ2n) is 7.27. The highest BCUT2D eigenvalue weighted by Crippen LogP contribution is 2.27. The average molecular weight is 388 g/mol. The lowest BCUT2D eigenvalue weighted by atomic mass is 10.0. The molecular weight excluding hydrogens is 368 g/mol. The monoisotopic (exact) mass is 388 g/mol. The zero-order valence-corrected chi connectivity index (χ0v) is 16.4. The Bertz CT molecular complexity index is 1310. The van der Waals surface area contributed by atoms with Crippen LogP contribution < -0.4 is 0 Å². The fraction of sp³-hybridized carbons (Fsp3) is 0.0370. The van der Waals surface area contributed by atoms with Crippen molar-refractivity contribution in [3.63, 3.8) is 0 Å². The van der Waals surface area contributed by atoms with E-state index in [-0.39, 0.29) is 5.78 Å². The summed E-state index contributed by atoms with van der Waals surface area (Å²) in [5.41, 5.74) is 5.44. The molecule has 0 aliphatic rings. The first-order valence-electron chi connectivity index (χ1n) is 9.99. The SMILES string of the molecule is O=C(c1ccccc1)c1ccc2c(c1)nc(-c1ccccc1)n2Cc1ccccc1. The van der Waals surface area contributed by atoms with E-state index in [2.05, 4.69) is 28.8 Å². The predicted molar refractivity (Wildman–Crippen MR) is 121 cm³/mol. The van der Waals surface area contributed by atoms with E-state index < -0.39 is 0 Å². The largest absolute Gasteiger partial charge is 0.319 e. The van der Waals surface area contributed by atoms with Crippen LogP contribution in [-0.4, -0.2) is 15.3 Å². The Balaban J connectivity index is 1.64. The molecule has 0 unspecified atom stereocenters. The molecular formula is C27H20N2O. The van der Waals surface area contributed by atoms with Crippen LogP contribution in [0.25, 0.3) is 22.4 Å². The van der Waals surface area contributed by atoms with Crippen LogP contribution >= 0.6 is 0 Å². The maximum absolute atomic E-state index is 12.9. The van der Waals surface area contributed by atoms with E-state index in [1.54, 1.807) is 0 Å². The molecule has 0 aliphatic carbocycles. The van der Waals surface area contributed by atoms with Gasteiger partial charge in [0.2, 0.25) is 0 Å². The normalized spacial score (nSPS) is 10.9. The summed E-state index contributed by atoms with van der Waals surface area (Å²) in [6.45, 7) is 0.716. The van der Waals surface area contributed by atoms with E-state index in [1.807, 2.05) is 84.9 Å². The number of carbonyl (C=O) groups is 1. The van der Waals surface area contributed by atoms with Gasteiger partial charge in [0.15, 0.2) is 5.78 Å². The first-order chi connectivity index (χ1) is 14.8. The Labute approximate surface area is 175 Å². The first-order valence-corrected chi connectivity index (χ1v) is 9.99. The van der Waals surface area contributed by atoms with E-state index in [9.17, 15) is 4.79 Å². The van der Waals surface area contributed by atoms with Crippen molar-refractivity contribution < 1.29 is 4.79 Å². The highest BCUT2D eigenvalue weighted by atomic mass is 16.1. The van der Waals surface area contributed by atoms with Crippen molar-refractivity contribution in [1.82, 2.24) is 9.55 Å². The second-order valence-corrected chi connectivity index (χ2v) is 7.27. The molecule has 0 atom stereocenters. The summed E-state index contributed by atoms with van der Waals surface area (Å²) in [6, 6.07) is 35.7. The lowest BCUT2D eigenvalue weighted by Crippen LogP contribution is -2.03. The summed E-state index contributed by atoms with van der Waals surface area (Å²) < 4.78 is 2.22. The molecule has 0 aliphatic heterocycles. The number of fused-ring (bicyclic) bond motifs is 1. The maximum atomic E-state index is 12.9. The number of hydrogen-bond acceptors (Lipinski definition) is 2. The van der Waals surface area contributed by atoms with Crippen LogP contribution in [0.1, 0.15) is 21.5 Å². The van der Waals surface area contributed by atoms with Crippen LogP contribution in [0.15, 0.2) is 109 Å². The molecule has 144 valence electrons. The van der Waals surface area contributed by atoms with Gasteiger partial charge >= 0.3 is 0 Å². The molecule has 0 amide bonds. The predicted octanol–water partition coefficient (Wildman–Crippen LogP) is 5.98. The van der Waals surface area contributed by atoms with Gasteiger partial charge in [0.05, 0.1) is 11.0 Å². The number of ketones is 1. The van der Waals surface area contributed by atoms with Crippen LogP contribution in [-0.2, 0) is 6.54 Å². The van der Waals surface area contributed by atoms with Crippen LogP contribution in [0.3, 0.4) is 0 Å². The van der Waals surface area contributed by atoms with Crippen LogP contribution in [0, 0.1) is 0 Å². The molecule has 5 rings (SSSR count). The van der Waals surface area contributed by atoms with Crippen molar-refractivity contribution >= 4 is 16.8 Å². The molecule has 3 nitrogen and oxygen atoms in total. The quantitative estimate of drug-likeness (QED) is 0.347. The Morgan fingerprint density at radius 3 is 2.03 bits per heavy atom. The van der Waals surface area contributed by atoms with Crippen molar-refractivity contribution in [2.45, 2.75) is 6.54 Å². The van der Waals surface area contributed by atoms with Gasteiger partial charge in [-0.25, -0.2) is 4.98 Å². The summed E-state index contributed by atoms with van der Waals surface area (Å²) in [6.07, 6.45) is 0. The van der Waals surface area contributed by atoms with E-state index in [4.69, 9.17) is 4.98 Å². The highest BCUT2D eigenvalue weighted by Gasteiger charge is 2.16. The van der Waals surface area contributed by atoms with E-state index in [0.29, 0.717) is 17.7 Å². The van der Waals surface area contributed by atoms with Crippen LogP contribution in [0.2, 0.25) is 0 Å². The van der Waals surface area contributed by atoms with Crippen molar-refractivity contribution in [2.75, 3.05) is 0 Å². The summed E-state index contributed by atoms with van der Waals surface area (Å²) >= 11 is 0. The Hall–Kier alpha value is -3.98. The van der Waals surface area contributed by atoms with Crippen molar-refractivity contribution in [1.29, 1.82) is 0 Å². The molecule has 4 aromatic carbocycles. The molecule has 0 saturated carbocycles. The zero-order valence-electron chi connectivity index (χ0n) is 16.4. The minimum atomic E-state index is 0.0105. The Kier molecular flexibility index (Phi) is 4.70. The molecule has 0 bridgehead atoms. The number of hydrogen-bond donors (Lipinski definition) is 0. The van der Waals surface area contributed by atoms with Gasteiger partial charge in [-0.2, -0.15) is 0 Å². The molecule has 3 heteroatoms. The molecule has 0 radical (unpaired) electrons. The fourth-order valence-corrected chi connectivity index (χ4v) is 3.76. The summed E-state index contributed by atoms with van der Waals surface area (Å²) in [5.74, 6) is 0.912. The molecule has 30 heavy (non-hydrogen) atoms. The van der Waals surface area contributed by atoms with Gasteiger partial charge in [-0.15, -0.1) is 0 Å². The summed E-state index contributed by atoms with van der Waals surface area (Å²) in [7, 11) is 0. The van der Waals surface area contributed by atoms with Crippen LogP contribution in [0.5, 0.6) is 0 Å².